The van der Waals surface area contributed by atoms with Crippen molar-refractivity contribution in [1.29, 1.82) is 0 Å². The zero-order valence-electron chi connectivity index (χ0n) is 6.39. The molecule has 0 spiro atoms. The van der Waals surface area contributed by atoms with Crippen LogP contribution >= 0.6 is 0 Å². The predicted octanol–water partition coefficient (Wildman–Crippen LogP) is 1.86. The van der Waals surface area contributed by atoms with Crippen LogP contribution in [0.25, 0.3) is 0 Å². The second-order valence-electron chi connectivity index (χ2n) is 2.08. The van der Waals surface area contributed by atoms with Gasteiger partial charge in [-0.1, -0.05) is 18.2 Å². The van der Waals surface area contributed by atoms with Crippen LogP contribution in [0.2, 0.25) is 0 Å². The molecular formula is C8H15N. The molecule has 0 aromatic rings. The van der Waals surface area contributed by atoms with Gasteiger partial charge in [-0.2, -0.15) is 0 Å². The molecule has 9 heavy (non-hydrogen) atoms. The monoisotopic (exact) mass is 125 g/mol. The van der Waals surface area contributed by atoms with E-state index in [0.717, 1.165) is 0 Å². The van der Waals surface area contributed by atoms with Crippen LogP contribution < -0.4 is 5.73 Å². The summed E-state index contributed by atoms with van der Waals surface area (Å²) in [5.41, 5.74) is 6.81. The number of hydrogen-bond donors (Lipinski definition) is 1. The van der Waals surface area contributed by atoms with Crippen LogP contribution in [0.3, 0.4) is 0 Å². The molecule has 1 nitrogen and oxygen atoms in total. The van der Waals surface area contributed by atoms with Crippen molar-refractivity contribution in [3.63, 3.8) is 0 Å². The Bertz CT molecular complexity index is 121. The largest absolute Gasteiger partial charge is 0.324 e. The fourth-order valence-corrected chi connectivity index (χ4v) is 0.703. The maximum atomic E-state index is 5.61. The van der Waals surface area contributed by atoms with Crippen LogP contribution in [0, 0.1) is 0 Å². The first kappa shape index (κ1) is 8.44. The molecule has 0 radical (unpaired) electrons. The van der Waals surface area contributed by atoms with Crippen LogP contribution in [0.4, 0.5) is 0 Å². The lowest BCUT2D eigenvalue weighted by molar-refractivity contribution is 0.882. The summed E-state index contributed by atoms with van der Waals surface area (Å²) < 4.78 is 0. The summed E-state index contributed by atoms with van der Waals surface area (Å²) in [7, 11) is 0. The molecule has 0 aromatic heterocycles. The van der Waals surface area contributed by atoms with Gasteiger partial charge in [0.05, 0.1) is 0 Å². The lowest BCUT2D eigenvalue weighted by atomic mass is 10.1. The molecule has 0 aliphatic heterocycles. The van der Waals surface area contributed by atoms with E-state index in [2.05, 4.69) is 0 Å². The van der Waals surface area contributed by atoms with Crippen LogP contribution in [0.5, 0.6) is 0 Å². The number of rotatable bonds is 2. The normalized spacial score (nSPS) is 16.7. The van der Waals surface area contributed by atoms with Gasteiger partial charge in [0.1, 0.15) is 0 Å². The minimum Gasteiger partial charge on any atom is -0.324 e. The van der Waals surface area contributed by atoms with Crippen molar-refractivity contribution in [1.82, 2.24) is 0 Å². The minimum absolute atomic E-state index is 0.159. The van der Waals surface area contributed by atoms with Gasteiger partial charge in [-0.05, 0) is 26.3 Å². The maximum absolute atomic E-state index is 5.61. The first-order chi connectivity index (χ1) is 4.22. The quantitative estimate of drug-likeness (QED) is 0.560. The third-order valence-corrected chi connectivity index (χ3v) is 1.22. The van der Waals surface area contributed by atoms with Crippen molar-refractivity contribution in [3.05, 3.63) is 23.8 Å². The van der Waals surface area contributed by atoms with E-state index in [9.17, 15) is 0 Å². The van der Waals surface area contributed by atoms with Gasteiger partial charge in [0, 0.05) is 6.04 Å². The molecular weight excluding hydrogens is 110 g/mol. The van der Waals surface area contributed by atoms with Crippen molar-refractivity contribution in [3.8, 4) is 0 Å². The average Bonchev–Trinajstić information content (AvgIpc) is 1.82. The van der Waals surface area contributed by atoms with Gasteiger partial charge >= 0.3 is 0 Å². The van der Waals surface area contributed by atoms with E-state index < -0.39 is 0 Å². The molecule has 0 heterocycles. The van der Waals surface area contributed by atoms with Gasteiger partial charge in [0.2, 0.25) is 0 Å². The lowest BCUT2D eigenvalue weighted by Gasteiger charge is -2.03. The summed E-state index contributed by atoms with van der Waals surface area (Å²) in [6.07, 6.45) is 6.06. The molecule has 0 fully saturated rings. The molecule has 0 rings (SSSR count). The smallest absolute Gasteiger partial charge is 0.0262 e. The third-order valence-electron chi connectivity index (χ3n) is 1.22. The van der Waals surface area contributed by atoms with Crippen LogP contribution in [-0.4, -0.2) is 6.04 Å². The first-order valence-electron chi connectivity index (χ1n) is 3.26. The molecule has 0 saturated heterocycles. The topological polar surface area (TPSA) is 26.0 Å². The summed E-state index contributed by atoms with van der Waals surface area (Å²) >= 11 is 0. The van der Waals surface area contributed by atoms with Gasteiger partial charge in [0.15, 0.2) is 0 Å². The predicted molar refractivity (Wildman–Crippen MR) is 42.2 cm³/mol. The average molecular weight is 125 g/mol. The van der Waals surface area contributed by atoms with E-state index in [1.807, 2.05) is 39.0 Å². The van der Waals surface area contributed by atoms with Crippen molar-refractivity contribution in [2.45, 2.75) is 26.8 Å². The molecule has 0 aromatic carbocycles. The number of allylic oxidation sites excluding steroid dienone is 2. The molecule has 0 aliphatic carbocycles. The van der Waals surface area contributed by atoms with Crippen molar-refractivity contribution < 1.29 is 0 Å². The second-order valence-corrected chi connectivity index (χ2v) is 2.08. The van der Waals surface area contributed by atoms with Crippen LogP contribution in [0.1, 0.15) is 20.8 Å². The highest BCUT2D eigenvalue weighted by Crippen LogP contribution is 1.99. The summed E-state index contributed by atoms with van der Waals surface area (Å²) in [5, 5.41) is 0. The zero-order chi connectivity index (χ0) is 7.28. The zero-order valence-corrected chi connectivity index (χ0v) is 6.39. The van der Waals surface area contributed by atoms with Gasteiger partial charge in [-0.15, -0.1) is 0 Å². The van der Waals surface area contributed by atoms with E-state index in [0.29, 0.717) is 0 Å². The van der Waals surface area contributed by atoms with Crippen molar-refractivity contribution >= 4 is 0 Å². The van der Waals surface area contributed by atoms with E-state index in [1.54, 1.807) is 0 Å². The van der Waals surface area contributed by atoms with Crippen molar-refractivity contribution in [2.24, 2.45) is 5.73 Å². The highest BCUT2D eigenvalue weighted by Gasteiger charge is 1.94. The Balaban J connectivity index is 4.01. The van der Waals surface area contributed by atoms with Gasteiger partial charge < -0.3 is 5.73 Å². The van der Waals surface area contributed by atoms with E-state index in [-0.39, 0.29) is 6.04 Å². The Labute approximate surface area is 57.3 Å². The number of nitrogens with two attached hydrogens (primary N) is 1. The third kappa shape index (κ3) is 3.09. The highest BCUT2D eigenvalue weighted by molar-refractivity contribution is 5.21. The Kier molecular flexibility index (Phi) is 4.06. The Morgan fingerprint density at radius 3 is 2.11 bits per heavy atom. The summed E-state index contributed by atoms with van der Waals surface area (Å²) in [6, 6.07) is 0.159. The Morgan fingerprint density at radius 2 is 2.00 bits per heavy atom. The minimum atomic E-state index is 0.159. The maximum Gasteiger partial charge on any atom is 0.0262 e. The fourth-order valence-electron chi connectivity index (χ4n) is 0.703. The lowest BCUT2D eigenvalue weighted by Crippen LogP contribution is -2.16. The van der Waals surface area contributed by atoms with E-state index >= 15 is 0 Å². The molecule has 1 heteroatoms. The highest BCUT2D eigenvalue weighted by atomic mass is 14.6. The number of hydrogen-bond acceptors (Lipinski definition) is 1. The first-order valence-corrected chi connectivity index (χ1v) is 3.26. The fraction of sp³-hybridized carbons (Fsp3) is 0.500. The van der Waals surface area contributed by atoms with E-state index in [1.165, 1.54) is 5.57 Å². The SMILES string of the molecule is C/C=C\C(=C/C)[C@@H](C)N. The van der Waals surface area contributed by atoms with Gasteiger partial charge in [-0.25, -0.2) is 0 Å². The molecule has 2 N–H and O–H groups in total. The molecule has 0 aliphatic rings. The van der Waals surface area contributed by atoms with Crippen molar-refractivity contribution in [2.75, 3.05) is 0 Å². The van der Waals surface area contributed by atoms with Gasteiger partial charge in [0.25, 0.3) is 0 Å². The van der Waals surface area contributed by atoms with Gasteiger partial charge in [-0.3, -0.25) is 0 Å². The molecule has 0 unspecified atom stereocenters. The summed E-state index contributed by atoms with van der Waals surface area (Å²) in [4.78, 5) is 0. The molecule has 0 amide bonds. The summed E-state index contributed by atoms with van der Waals surface area (Å²) in [5.74, 6) is 0. The summed E-state index contributed by atoms with van der Waals surface area (Å²) in [6.45, 7) is 5.97. The molecule has 52 valence electrons. The van der Waals surface area contributed by atoms with Crippen LogP contribution in [0.15, 0.2) is 23.8 Å². The Hall–Kier alpha value is -0.560. The molecule has 0 saturated carbocycles. The second kappa shape index (κ2) is 4.33. The standard InChI is InChI=1S/C8H15N/c1-4-6-8(5-2)7(3)9/h4-7H,9H2,1-3H3/b6-4-,8-5+/t7-/m1/s1. The molecule has 1 atom stereocenters. The van der Waals surface area contributed by atoms with Crippen LogP contribution in [-0.2, 0) is 0 Å². The molecule has 0 bridgehead atoms. The Morgan fingerprint density at radius 1 is 1.44 bits per heavy atom. The van der Waals surface area contributed by atoms with E-state index in [4.69, 9.17) is 5.73 Å².